The highest BCUT2D eigenvalue weighted by Crippen LogP contribution is 2.45. The number of methoxy groups -OCH3 is 2. The van der Waals surface area contributed by atoms with E-state index < -0.39 is 0 Å². The Morgan fingerprint density at radius 1 is 1.16 bits per heavy atom. The van der Waals surface area contributed by atoms with Crippen molar-refractivity contribution >= 4 is 17.4 Å². The van der Waals surface area contributed by atoms with E-state index in [9.17, 15) is 9.90 Å². The van der Waals surface area contributed by atoms with E-state index >= 15 is 0 Å². The minimum atomic E-state index is -0.306. The lowest BCUT2D eigenvalue weighted by Crippen LogP contribution is -2.25. The summed E-state index contributed by atoms with van der Waals surface area (Å²) in [7, 11) is 2.93. The quantitative estimate of drug-likeness (QED) is 0.511. The fourth-order valence-corrected chi connectivity index (χ4v) is 3.94. The Hall–Kier alpha value is -4.15. The van der Waals surface area contributed by atoms with E-state index in [1.165, 1.54) is 25.1 Å². The molecule has 0 bridgehead atoms. The molecule has 31 heavy (non-hydrogen) atoms. The number of aromatic hydroxyl groups is 1. The molecule has 0 fully saturated rings. The van der Waals surface area contributed by atoms with Crippen LogP contribution in [0.25, 0.3) is 11.5 Å². The molecule has 11 heteroatoms. The average molecular weight is 421 g/mol. The first-order valence-electron chi connectivity index (χ1n) is 9.52. The van der Waals surface area contributed by atoms with Gasteiger partial charge in [0.2, 0.25) is 11.7 Å². The van der Waals surface area contributed by atoms with Gasteiger partial charge in [-0.1, -0.05) is 0 Å². The summed E-state index contributed by atoms with van der Waals surface area (Å²) in [5.74, 6) is 1.05. The van der Waals surface area contributed by atoms with E-state index in [4.69, 9.17) is 9.47 Å². The van der Waals surface area contributed by atoms with Crippen molar-refractivity contribution < 1.29 is 19.4 Å². The molecule has 11 nitrogen and oxygen atoms in total. The molecule has 1 atom stereocenters. The summed E-state index contributed by atoms with van der Waals surface area (Å²) >= 11 is 0. The van der Waals surface area contributed by atoms with Gasteiger partial charge in [-0.05, 0) is 36.8 Å². The number of anilines is 1. The van der Waals surface area contributed by atoms with Gasteiger partial charge in [-0.15, -0.1) is 15.3 Å². The zero-order chi connectivity index (χ0) is 21.7. The van der Waals surface area contributed by atoms with Gasteiger partial charge in [0.05, 0.1) is 19.9 Å². The molecular formula is C20H19N7O4. The molecule has 0 aliphatic carbocycles. The third-order valence-electron chi connectivity index (χ3n) is 5.37. The lowest BCUT2D eigenvalue weighted by molar-refractivity contribution is -0.116. The van der Waals surface area contributed by atoms with E-state index in [1.807, 2.05) is 6.92 Å². The fourth-order valence-electron chi connectivity index (χ4n) is 3.94. The summed E-state index contributed by atoms with van der Waals surface area (Å²) in [6, 6.07) is 6.96. The number of aryl methyl sites for hydroxylation is 1. The predicted octanol–water partition coefficient (Wildman–Crippen LogP) is 1.82. The normalized spacial score (nSPS) is 15.6. The van der Waals surface area contributed by atoms with Gasteiger partial charge in [0, 0.05) is 17.9 Å². The molecule has 5 rings (SSSR count). The highest BCUT2D eigenvalue weighted by molar-refractivity contribution is 5.95. The number of hydrogen-bond acceptors (Lipinski definition) is 8. The maximum atomic E-state index is 12.6. The van der Waals surface area contributed by atoms with Crippen LogP contribution in [0.4, 0.5) is 5.82 Å². The van der Waals surface area contributed by atoms with Crippen LogP contribution in [0.5, 0.6) is 17.2 Å². The van der Waals surface area contributed by atoms with Gasteiger partial charge in [0.25, 0.3) is 0 Å². The smallest absolute Gasteiger partial charge is 0.226 e. The lowest BCUT2D eigenvalue weighted by atomic mass is 9.85. The first-order valence-corrected chi connectivity index (χ1v) is 9.52. The second-order valence-corrected chi connectivity index (χ2v) is 7.16. The maximum Gasteiger partial charge on any atom is 0.226 e. The molecule has 1 aromatic carbocycles. The Balaban J connectivity index is 1.67. The molecule has 158 valence electrons. The van der Waals surface area contributed by atoms with Crippen molar-refractivity contribution in [3.8, 4) is 23.1 Å². The van der Waals surface area contributed by atoms with Crippen LogP contribution in [0.1, 0.15) is 29.2 Å². The molecule has 0 saturated carbocycles. The fraction of sp³-hybridized carbons (Fsp3) is 0.250. The van der Waals surface area contributed by atoms with Crippen LogP contribution in [0.3, 0.4) is 0 Å². The van der Waals surface area contributed by atoms with Crippen LogP contribution in [0.15, 0.2) is 30.6 Å². The zero-order valence-corrected chi connectivity index (χ0v) is 17.0. The standard InChI is InChI=1S/C20H19N7O4/c1-10-18-12(11-6-13(30-2)19(29)14(7-11)31-3)8-17(28)22-20(18)27(24-10)16-5-4-15-23-21-9-26(15)25-16/h4-7,9,12,29H,8H2,1-3H3,(H,22,28)/t12-/m1/s1. The number of ether oxygens (including phenoxy) is 2. The molecule has 0 unspecified atom stereocenters. The summed E-state index contributed by atoms with van der Waals surface area (Å²) in [5.41, 5.74) is 2.98. The van der Waals surface area contributed by atoms with Crippen molar-refractivity contribution in [3.05, 3.63) is 47.4 Å². The highest BCUT2D eigenvalue weighted by Gasteiger charge is 2.34. The number of aromatic nitrogens is 6. The minimum absolute atomic E-state index is 0.0897. The van der Waals surface area contributed by atoms with Gasteiger partial charge < -0.3 is 19.9 Å². The molecule has 0 saturated heterocycles. The predicted molar refractivity (Wildman–Crippen MR) is 109 cm³/mol. The van der Waals surface area contributed by atoms with Crippen molar-refractivity contribution in [1.82, 2.24) is 29.6 Å². The summed E-state index contributed by atoms with van der Waals surface area (Å²) in [5, 5.41) is 30.1. The van der Waals surface area contributed by atoms with Crippen LogP contribution < -0.4 is 14.8 Å². The zero-order valence-electron chi connectivity index (χ0n) is 17.0. The lowest BCUT2D eigenvalue weighted by Gasteiger charge is -2.25. The Labute approximate surface area is 176 Å². The first-order chi connectivity index (χ1) is 15.0. The average Bonchev–Trinajstić information content (AvgIpc) is 3.37. The summed E-state index contributed by atoms with van der Waals surface area (Å²) in [6.07, 6.45) is 1.71. The molecule has 2 N–H and O–H groups in total. The Morgan fingerprint density at radius 3 is 2.61 bits per heavy atom. The van der Waals surface area contributed by atoms with Crippen molar-refractivity contribution in [2.45, 2.75) is 19.3 Å². The van der Waals surface area contributed by atoms with Crippen molar-refractivity contribution in [2.24, 2.45) is 0 Å². The summed E-state index contributed by atoms with van der Waals surface area (Å²) < 4.78 is 13.7. The van der Waals surface area contributed by atoms with Gasteiger partial charge in [0.15, 0.2) is 23.0 Å². The van der Waals surface area contributed by atoms with Gasteiger partial charge in [0.1, 0.15) is 12.1 Å². The molecule has 4 heterocycles. The van der Waals surface area contributed by atoms with E-state index in [0.29, 0.717) is 17.3 Å². The Kier molecular flexibility index (Phi) is 4.24. The third-order valence-corrected chi connectivity index (χ3v) is 5.37. The molecule has 1 aliphatic rings. The second-order valence-electron chi connectivity index (χ2n) is 7.16. The summed E-state index contributed by atoms with van der Waals surface area (Å²) in [4.78, 5) is 12.6. The Morgan fingerprint density at radius 2 is 1.90 bits per heavy atom. The number of nitrogens with zero attached hydrogens (tertiary/aromatic N) is 6. The van der Waals surface area contributed by atoms with E-state index in [-0.39, 0.29) is 35.5 Å². The van der Waals surface area contributed by atoms with Crippen molar-refractivity contribution in [1.29, 1.82) is 0 Å². The largest absolute Gasteiger partial charge is 0.502 e. The van der Waals surface area contributed by atoms with Gasteiger partial charge in [-0.2, -0.15) is 14.3 Å². The number of carbonyl (C=O) groups excluding carboxylic acids is 1. The monoisotopic (exact) mass is 421 g/mol. The number of hydrogen-bond donors (Lipinski definition) is 2. The molecule has 0 radical (unpaired) electrons. The third kappa shape index (κ3) is 2.93. The van der Waals surface area contributed by atoms with Gasteiger partial charge in [-0.3, -0.25) is 4.79 Å². The number of fused-ring (bicyclic) bond motifs is 2. The van der Waals surface area contributed by atoms with Crippen LogP contribution in [-0.4, -0.2) is 54.8 Å². The van der Waals surface area contributed by atoms with Crippen LogP contribution in [0, 0.1) is 6.92 Å². The number of phenolic OH excluding ortho intramolecular Hbond substituents is 1. The van der Waals surface area contributed by atoms with Gasteiger partial charge in [-0.25, -0.2) is 0 Å². The molecule has 3 aromatic heterocycles. The first kappa shape index (κ1) is 18.9. The molecule has 1 amide bonds. The maximum absolute atomic E-state index is 12.6. The minimum Gasteiger partial charge on any atom is -0.502 e. The van der Waals surface area contributed by atoms with E-state index in [1.54, 1.807) is 28.9 Å². The Bertz CT molecular complexity index is 1300. The number of phenols is 1. The highest BCUT2D eigenvalue weighted by atomic mass is 16.5. The topological polar surface area (TPSA) is 129 Å². The van der Waals surface area contributed by atoms with Crippen LogP contribution in [-0.2, 0) is 4.79 Å². The van der Waals surface area contributed by atoms with Crippen LogP contribution in [0.2, 0.25) is 0 Å². The van der Waals surface area contributed by atoms with E-state index in [2.05, 4.69) is 25.7 Å². The van der Waals surface area contributed by atoms with Gasteiger partial charge >= 0.3 is 0 Å². The molecule has 4 aromatic rings. The second kappa shape index (κ2) is 6.97. The molecule has 1 aliphatic heterocycles. The number of rotatable bonds is 4. The van der Waals surface area contributed by atoms with Crippen LogP contribution >= 0.6 is 0 Å². The summed E-state index contributed by atoms with van der Waals surface area (Å²) in [6.45, 7) is 1.88. The number of amides is 1. The number of nitrogens with one attached hydrogen (secondary N) is 1. The van der Waals surface area contributed by atoms with Crippen molar-refractivity contribution in [3.63, 3.8) is 0 Å². The number of benzene rings is 1. The van der Waals surface area contributed by atoms with E-state index in [0.717, 1.165) is 16.8 Å². The van der Waals surface area contributed by atoms with Crippen molar-refractivity contribution in [2.75, 3.05) is 19.5 Å². The molecule has 0 spiro atoms. The SMILES string of the molecule is COc1cc([C@H]2CC(=O)Nc3c2c(C)nn3-c2ccc3nncn3n2)cc(OC)c1O. The molecular weight excluding hydrogens is 402 g/mol. The number of carbonyl (C=O) groups is 1.